The molecule has 0 heterocycles. The molecule has 4 heteroatoms. The van der Waals surface area contributed by atoms with Crippen molar-refractivity contribution in [2.75, 3.05) is 6.61 Å². The lowest BCUT2D eigenvalue weighted by Gasteiger charge is -2.07. The first kappa shape index (κ1) is 10.0. The molecule has 13 heavy (non-hydrogen) atoms. The average molecular weight is 181 g/mol. The Bertz CT molecular complexity index is 232. The summed E-state index contributed by atoms with van der Waals surface area (Å²) in [5.41, 5.74) is 6.73. The Morgan fingerprint density at radius 2 is 2.46 bits per heavy atom. The van der Waals surface area contributed by atoms with Crippen LogP contribution in [0.2, 0.25) is 0 Å². The van der Waals surface area contributed by atoms with Crippen LogP contribution in [0.1, 0.15) is 26.2 Å². The summed E-state index contributed by atoms with van der Waals surface area (Å²) in [6.07, 6.45) is 3.15. The van der Waals surface area contributed by atoms with Crippen molar-refractivity contribution in [2.24, 2.45) is 16.8 Å². The van der Waals surface area contributed by atoms with Crippen LogP contribution in [0.15, 0.2) is 5.16 Å². The number of nitrogens with two attached hydrogens (primary N) is 1. The van der Waals surface area contributed by atoms with Crippen molar-refractivity contribution in [1.82, 2.24) is 0 Å². The number of oxime groups is 1. The summed E-state index contributed by atoms with van der Waals surface area (Å²) in [5.74, 6) is 0.452. The van der Waals surface area contributed by atoms with Crippen molar-refractivity contribution in [3.63, 3.8) is 0 Å². The zero-order chi connectivity index (χ0) is 9.68. The maximum absolute atomic E-state index is 8.22. The van der Waals surface area contributed by atoms with Crippen LogP contribution >= 0.6 is 0 Å². The zero-order valence-electron chi connectivity index (χ0n) is 7.86. The summed E-state index contributed by atoms with van der Waals surface area (Å²) in [5, 5.41) is 12.1. The maximum atomic E-state index is 8.22. The van der Waals surface area contributed by atoms with Gasteiger partial charge in [0.2, 0.25) is 6.61 Å². The van der Waals surface area contributed by atoms with Crippen molar-refractivity contribution in [3.05, 3.63) is 0 Å². The van der Waals surface area contributed by atoms with Gasteiger partial charge in [-0.3, -0.25) is 0 Å². The molecule has 2 atom stereocenters. The second-order valence-electron chi connectivity index (χ2n) is 3.43. The molecule has 0 bridgehead atoms. The Hall–Kier alpha value is -1.08. The first-order valence-corrected chi connectivity index (χ1v) is 4.53. The molecule has 1 aliphatic carbocycles. The number of nitriles is 1. The van der Waals surface area contributed by atoms with E-state index in [4.69, 9.17) is 15.8 Å². The monoisotopic (exact) mass is 181 g/mol. The molecular formula is C9H15N3O. The molecule has 0 aromatic rings. The van der Waals surface area contributed by atoms with Crippen LogP contribution in [0.25, 0.3) is 0 Å². The molecule has 2 N–H and O–H groups in total. The van der Waals surface area contributed by atoms with E-state index in [-0.39, 0.29) is 6.61 Å². The molecule has 1 rings (SSSR count). The van der Waals surface area contributed by atoms with E-state index in [9.17, 15) is 0 Å². The van der Waals surface area contributed by atoms with E-state index < -0.39 is 0 Å². The average Bonchev–Trinajstić information content (AvgIpc) is 2.52. The van der Waals surface area contributed by atoms with Crippen molar-refractivity contribution in [1.29, 1.82) is 5.26 Å². The van der Waals surface area contributed by atoms with Crippen LogP contribution < -0.4 is 5.73 Å². The van der Waals surface area contributed by atoms with E-state index in [0.29, 0.717) is 12.0 Å². The third-order valence-electron chi connectivity index (χ3n) is 2.40. The van der Waals surface area contributed by atoms with Crippen molar-refractivity contribution in [3.8, 4) is 6.07 Å². The smallest absolute Gasteiger partial charge is 0.202 e. The van der Waals surface area contributed by atoms with E-state index >= 15 is 0 Å². The predicted molar refractivity (Wildman–Crippen MR) is 50.0 cm³/mol. The molecule has 1 aliphatic rings. The molecule has 4 nitrogen and oxygen atoms in total. The highest BCUT2D eigenvalue weighted by Crippen LogP contribution is 2.25. The van der Waals surface area contributed by atoms with Crippen molar-refractivity contribution < 1.29 is 4.84 Å². The third kappa shape index (κ3) is 3.03. The standard InChI is InChI=1S/C9H15N3O/c1-7(12-13-5-4-10)8-2-3-9(11)6-8/h8-9H,2-3,5-6,11H2,1H3/b12-7+/t8-,9+/m0/s1. The van der Waals surface area contributed by atoms with Gasteiger partial charge in [-0.2, -0.15) is 5.26 Å². The molecule has 0 unspecified atom stereocenters. The summed E-state index contributed by atoms with van der Waals surface area (Å²) in [6.45, 7) is 1.95. The minimum atomic E-state index is 0.0239. The number of rotatable bonds is 3. The molecule has 1 fully saturated rings. The number of hydrogen-bond acceptors (Lipinski definition) is 4. The molecule has 72 valence electrons. The van der Waals surface area contributed by atoms with Gasteiger partial charge in [0.25, 0.3) is 0 Å². The van der Waals surface area contributed by atoms with E-state index in [1.807, 2.05) is 13.0 Å². The first-order valence-electron chi connectivity index (χ1n) is 4.53. The molecular weight excluding hydrogens is 166 g/mol. The van der Waals surface area contributed by atoms with Gasteiger partial charge in [0.05, 0.1) is 5.71 Å². The quantitative estimate of drug-likeness (QED) is 0.401. The van der Waals surface area contributed by atoms with Crippen molar-refractivity contribution >= 4 is 5.71 Å². The lowest BCUT2D eigenvalue weighted by molar-refractivity contribution is 0.176. The highest BCUT2D eigenvalue weighted by atomic mass is 16.6. The van der Waals surface area contributed by atoms with Gasteiger partial charge in [-0.25, -0.2) is 0 Å². The fraction of sp³-hybridized carbons (Fsp3) is 0.778. The van der Waals surface area contributed by atoms with Crippen LogP contribution in [-0.2, 0) is 4.84 Å². The van der Waals surface area contributed by atoms with E-state index in [1.165, 1.54) is 0 Å². The van der Waals surface area contributed by atoms with E-state index in [2.05, 4.69) is 5.16 Å². The summed E-state index contributed by atoms with van der Waals surface area (Å²) < 4.78 is 0. The highest BCUT2D eigenvalue weighted by Gasteiger charge is 2.24. The summed E-state index contributed by atoms with van der Waals surface area (Å²) in [6, 6.07) is 2.18. The van der Waals surface area contributed by atoms with Crippen LogP contribution in [0.3, 0.4) is 0 Å². The maximum Gasteiger partial charge on any atom is 0.202 e. The molecule has 0 spiro atoms. The predicted octanol–water partition coefficient (Wildman–Crippen LogP) is 1.03. The van der Waals surface area contributed by atoms with Gasteiger partial charge < -0.3 is 10.6 Å². The second kappa shape index (κ2) is 4.83. The lowest BCUT2D eigenvalue weighted by Crippen LogP contribution is -2.17. The SMILES string of the molecule is C/C(=N\OCC#N)[C@H]1CC[C@@H](N)C1. The largest absolute Gasteiger partial charge is 0.381 e. The topological polar surface area (TPSA) is 71.4 Å². The highest BCUT2D eigenvalue weighted by molar-refractivity contribution is 5.84. The molecule has 0 radical (unpaired) electrons. The Morgan fingerprint density at radius 3 is 3.00 bits per heavy atom. The molecule has 0 aromatic heterocycles. The van der Waals surface area contributed by atoms with Gasteiger partial charge >= 0.3 is 0 Å². The Morgan fingerprint density at radius 1 is 1.69 bits per heavy atom. The van der Waals surface area contributed by atoms with Gasteiger partial charge in [0.1, 0.15) is 6.07 Å². The fourth-order valence-corrected chi connectivity index (χ4v) is 1.63. The van der Waals surface area contributed by atoms with Crippen LogP contribution in [-0.4, -0.2) is 18.4 Å². The van der Waals surface area contributed by atoms with Gasteiger partial charge in [-0.15, -0.1) is 0 Å². The molecule has 0 aliphatic heterocycles. The zero-order valence-corrected chi connectivity index (χ0v) is 7.86. The molecule has 1 saturated carbocycles. The number of hydrogen-bond donors (Lipinski definition) is 1. The van der Waals surface area contributed by atoms with Gasteiger partial charge in [0, 0.05) is 12.0 Å². The molecule has 0 amide bonds. The van der Waals surface area contributed by atoms with Crippen LogP contribution in [0.4, 0.5) is 0 Å². The Balaban J connectivity index is 2.35. The van der Waals surface area contributed by atoms with Crippen molar-refractivity contribution in [2.45, 2.75) is 32.2 Å². The molecule has 0 saturated heterocycles. The number of nitrogens with zero attached hydrogens (tertiary/aromatic N) is 2. The van der Waals surface area contributed by atoms with E-state index in [0.717, 1.165) is 25.0 Å². The third-order valence-corrected chi connectivity index (χ3v) is 2.40. The van der Waals surface area contributed by atoms with Gasteiger partial charge in [0.15, 0.2) is 0 Å². The Labute approximate surface area is 78.3 Å². The van der Waals surface area contributed by atoms with Crippen LogP contribution in [0, 0.1) is 17.2 Å². The lowest BCUT2D eigenvalue weighted by atomic mass is 10.0. The normalized spacial score (nSPS) is 28.5. The summed E-state index contributed by atoms with van der Waals surface area (Å²) in [7, 11) is 0. The minimum absolute atomic E-state index is 0.0239. The summed E-state index contributed by atoms with van der Waals surface area (Å²) >= 11 is 0. The second-order valence-corrected chi connectivity index (χ2v) is 3.43. The minimum Gasteiger partial charge on any atom is -0.381 e. The van der Waals surface area contributed by atoms with E-state index in [1.54, 1.807) is 0 Å². The fourth-order valence-electron chi connectivity index (χ4n) is 1.63. The van der Waals surface area contributed by atoms with Crippen LogP contribution in [0.5, 0.6) is 0 Å². The molecule has 0 aromatic carbocycles. The Kier molecular flexibility index (Phi) is 3.71. The summed E-state index contributed by atoms with van der Waals surface area (Å²) in [4.78, 5) is 4.78. The van der Waals surface area contributed by atoms with Gasteiger partial charge in [-0.1, -0.05) is 5.16 Å². The first-order chi connectivity index (χ1) is 6.24. The van der Waals surface area contributed by atoms with Gasteiger partial charge in [-0.05, 0) is 26.2 Å².